The second kappa shape index (κ2) is 9.60. The number of hydrogen-bond acceptors (Lipinski definition) is 7. The number of primary amides is 1. The van der Waals surface area contributed by atoms with Gasteiger partial charge in [-0.1, -0.05) is 47.1 Å². The molecule has 0 atom stereocenters. The van der Waals surface area contributed by atoms with Crippen molar-refractivity contribution < 1.29 is 19.1 Å². The van der Waals surface area contributed by atoms with Gasteiger partial charge in [0, 0.05) is 12.2 Å². The molecule has 38 heavy (non-hydrogen) atoms. The van der Waals surface area contributed by atoms with E-state index in [4.69, 9.17) is 26.8 Å². The summed E-state index contributed by atoms with van der Waals surface area (Å²) in [7, 11) is 0. The molecule has 0 aliphatic heterocycles. The number of ether oxygens (including phenoxy) is 2. The fraction of sp³-hybridized carbons (Fsp3) is 0.296. The summed E-state index contributed by atoms with van der Waals surface area (Å²) in [6, 6.07) is 16.5. The van der Waals surface area contributed by atoms with Crippen LogP contribution in [0.3, 0.4) is 0 Å². The molecule has 0 radical (unpaired) electrons. The molecule has 2 amide bonds. The van der Waals surface area contributed by atoms with Gasteiger partial charge in [-0.25, -0.2) is 4.98 Å². The van der Waals surface area contributed by atoms with Gasteiger partial charge in [0.2, 0.25) is 5.88 Å². The van der Waals surface area contributed by atoms with E-state index >= 15 is 0 Å². The summed E-state index contributed by atoms with van der Waals surface area (Å²) in [6.45, 7) is 0.359. The lowest BCUT2D eigenvalue weighted by molar-refractivity contribution is -0.0848. The Morgan fingerprint density at radius 2 is 1.87 bits per heavy atom. The van der Waals surface area contributed by atoms with E-state index in [2.05, 4.69) is 20.6 Å². The van der Waals surface area contributed by atoms with Gasteiger partial charge >= 0.3 is 0 Å². The van der Waals surface area contributed by atoms with Crippen molar-refractivity contribution in [3.05, 3.63) is 82.8 Å². The third-order valence-corrected chi connectivity index (χ3v) is 7.62. The standard InChI is InChI=1S/C27H25ClN6O4/c28-23-21(37-15-16-5-2-1-3-6-16)9-8-20-22(32-33-34(20)23)25(36)31-17-11-27(12-17)13-18(14-27)38-26-19(24(29)35)7-4-10-30-26/h1-10,17-18H,11-15H2,(H2,29,35)(H,31,36)/t17-,18-,27?. The summed E-state index contributed by atoms with van der Waals surface area (Å²) in [5.41, 5.74) is 7.55. The summed E-state index contributed by atoms with van der Waals surface area (Å²) >= 11 is 6.49. The van der Waals surface area contributed by atoms with Gasteiger partial charge in [0.15, 0.2) is 16.6 Å². The van der Waals surface area contributed by atoms with Crippen LogP contribution in [0.2, 0.25) is 5.15 Å². The largest absolute Gasteiger partial charge is 0.486 e. The maximum Gasteiger partial charge on any atom is 0.274 e. The molecule has 194 valence electrons. The molecule has 2 aliphatic rings. The number of halogens is 1. The summed E-state index contributed by atoms with van der Waals surface area (Å²) in [5.74, 6) is -0.126. The van der Waals surface area contributed by atoms with E-state index < -0.39 is 5.91 Å². The van der Waals surface area contributed by atoms with Gasteiger partial charge in [0.25, 0.3) is 11.8 Å². The van der Waals surface area contributed by atoms with Crippen molar-refractivity contribution in [1.29, 1.82) is 0 Å². The topological polar surface area (TPSA) is 134 Å². The van der Waals surface area contributed by atoms with E-state index in [1.54, 1.807) is 30.5 Å². The Hall–Kier alpha value is -4.18. The van der Waals surface area contributed by atoms with Crippen LogP contribution in [0, 0.1) is 5.41 Å². The zero-order valence-electron chi connectivity index (χ0n) is 20.3. The van der Waals surface area contributed by atoms with E-state index in [1.807, 2.05) is 30.3 Å². The van der Waals surface area contributed by atoms with Gasteiger partial charge in [0.1, 0.15) is 23.8 Å². The second-order valence-electron chi connectivity index (χ2n) is 9.94. The highest BCUT2D eigenvalue weighted by molar-refractivity contribution is 6.31. The van der Waals surface area contributed by atoms with Crippen LogP contribution in [0.1, 0.15) is 52.1 Å². The van der Waals surface area contributed by atoms with Crippen molar-refractivity contribution in [2.45, 2.75) is 44.4 Å². The first-order valence-electron chi connectivity index (χ1n) is 12.3. The molecule has 2 aliphatic carbocycles. The Kier molecular flexibility index (Phi) is 6.11. The van der Waals surface area contributed by atoms with Crippen molar-refractivity contribution in [3.63, 3.8) is 0 Å². The number of pyridine rings is 2. The Bertz CT molecular complexity index is 1510. The average Bonchev–Trinajstić information content (AvgIpc) is 3.32. The minimum absolute atomic E-state index is 0.0265. The molecule has 2 fully saturated rings. The Labute approximate surface area is 223 Å². The number of benzene rings is 1. The summed E-state index contributed by atoms with van der Waals surface area (Å²) < 4.78 is 13.2. The molecule has 4 aromatic rings. The van der Waals surface area contributed by atoms with Crippen molar-refractivity contribution in [3.8, 4) is 11.6 Å². The van der Waals surface area contributed by atoms with E-state index in [-0.39, 0.29) is 45.8 Å². The summed E-state index contributed by atoms with van der Waals surface area (Å²) in [4.78, 5) is 28.7. The summed E-state index contributed by atoms with van der Waals surface area (Å²) in [6.07, 6.45) is 4.92. The predicted molar refractivity (Wildman–Crippen MR) is 138 cm³/mol. The smallest absolute Gasteiger partial charge is 0.274 e. The number of hydrogen-bond donors (Lipinski definition) is 2. The van der Waals surface area contributed by atoms with Crippen LogP contribution in [0.15, 0.2) is 60.8 Å². The number of carbonyl (C=O) groups excluding carboxylic acids is 2. The highest BCUT2D eigenvalue weighted by Crippen LogP contribution is 2.56. The quantitative estimate of drug-likeness (QED) is 0.331. The first-order chi connectivity index (χ1) is 18.4. The van der Waals surface area contributed by atoms with Crippen molar-refractivity contribution in [2.24, 2.45) is 11.1 Å². The van der Waals surface area contributed by atoms with E-state index in [1.165, 1.54) is 4.52 Å². The number of nitrogens with zero attached hydrogens (tertiary/aromatic N) is 4. The molecule has 10 nitrogen and oxygen atoms in total. The molecule has 0 bridgehead atoms. The molecule has 3 heterocycles. The predicted octanol–water partition coefficient (Wildman–Crippen LogP) is 3.58. The minimum atomic E-state index is -0.563. The lowest BCUT2D eigenvalue weighted by Crippen LogP contribution is -2.58. The molecule has 11 heteroatoms. The number of fused-ring (bicyclic) bond motifs is 1. The van der Waals surface area contributed by atoms with Gasteiger partial charge < -0.3 is 20.5 Å². The Balaban J connectivity index is 1.03. The maximum absolute atomic E-state index is 13.0. The highest BCUT2D eigenvalue weighted by atomic mass is 35.5. The van der Waals surface area contributed by atoms with Gasteiger partial charge in [-0.2, -0.15) is 4.52 Å². The van der Waals surface area contributed by atoms with E-state index in [0.717, 1.165) is 31.2 Å². The van der Waals surface area contributed by atoms with Crippen molar-refractivity contribution >= 4 is 28.9 Å². The fourth-order valence-electron chi connectivity index (χ4n) is 5.41. The molecule has 0 unspecified atom stereocenters. The SMILES string of the molecule is NC(=O)c1cccnc1O[C@H]1CC2(C[C@H](NC(=O)c3nnn4c(Cl)c(OCc5ccccc5)ccc34)C2)C1. The van der Waals surface area contributed by atoms with Gasteiger partial charge in [0.05, 0.1) is 0 Å². The van der Waals surface area contributed by atoms with Crippen LogP contribution in [-0.2, 0) is 6.61 Å². The highest BCUT2D eigenvalue weighted by Gasteiger charge is 2.54. The normalized spacial score (nSPS) is 21.9. The Morgan fingerprint density at radius 1 is 1.08 bits per heavy atom. The van der Waals surface area contributed by atoms with E-state index in [9.17, 15) is 9.59 Å². The molecular formula is C27H25ClN6O4. The van der Waals surface area contributed by atoms with Crippen LogP contribution in [0.25, 0.3) is 5.52 Å². The number of carbonyl (C=O) groups is 2. The third-order valence-electron chi connectivity index (χ3n) is 7.27. The van der Waals surface area contributed by atoms with Gasteiger partial charge in [-0.05, 0) is 60.9 Å². The van der Waals surface area contributed by atoms with Crippen LogP contribution >= 0.6 is 11.6 Å². The molecule has 1 aromatic carbocycles. The first kappa shape index (κ1) is 24.2. The van der Waals surface area contributed by atoms with Gasteiger partial charge in [-0.15, -0.1) is 5.10 Å². The number of rotatable bonds is 8. The lowest BCUT2D eigenvalue weighted by atomic mass is 9.53. The van der Waals surface area contributed by atoms with Crippen LogP contribution in [-0.4, -0.2) is 43.8 Å². The van der Waals surface area contributed by atoms with Crippen LogP contribution in [0.4, 0.5) is 0 Å². The average molecular weight is 533 g/mol. The monoisotopic (exact) mass is 532 g/mol. The van der Waals surface area contributed by atoms with Crippen molar-refractivity contribution in [2.75, 3.05) is 0 Å². The fourth-order valence-corrected chi connectivity index (χ4v) is 5.65. The molecule has 0 saturated heterocycles. The molecular weight excluding hydrogens is 508 g/mol. The number of amides is 2. The molecule has 3 aromatic heterocycles. The first-order valence-corrected chi connectivity index (χ1v) is 12.7. The number of nitrogens with two attached hydrogens (primary N) is 1. The number of aromatic nitrogens is 4. The van der Waals surface area contributed by atoms with E-state index in [0.29, 0.717) is 17.9 Å². The van der Waals surface area contributed by atoms with Crippen LogP contribution < -0.4 is 20.5 Å². The van der Waals surface area contributed by atoms with Gasteiger partial charge in [-0.3, -0.25) is 9.59 Å². The molecule has 6 rings (SSSR count). The number of nitrogens with one attached hydrogen (secondary N) is 1. The minimum Gasteiger partial charge on any atom is -0.486 e. The molecule has 1 spiro atoms. The van der Waals surface area contributed by atoms with Crippen LogP contribution in [0.5, 0.6) is 11.6 Å². The molecule has 2 saturated carbocycles. The zero-order valence-corrected chi connectivity index (χ0v) is 21.1. The summed E-state index contributed by atoms with van der Waals surface area (Å²) in [5, 5.41) is 11.5. The third kappa shape index (κ3) is 4.51. The zero-order chi connectivity index (χ0) is 26.3. The van der Waals surface area contributed by atoms with Crippen molar-refractivity contribution in [1.82, 2.24) is 25.1 Å². The second-order valence-corrected chi connectivity index (χ2v) is 10.3. The Morgan fingerprint density at radius 3 is 2.63 bits per heavy atom. The maximum atomic E-state index is 13.0. The lowest BCUT2D eigenvalue weighted by Gasteiger charge is -2.57. The molecule has 3 N–H and O–H groups in total.